The van der Waals surface area contributed by atoms with Gasteiger partial charge in [-0.15, -0.1) is 0 Å². The molecule has 0 radical (unpaired) electrons. The number of amides is 3. The number of likely N-dealkylation sites (tertiary alicyclic amines) is 1. The summed E-state index contributed by atoms with van der Waals surface area (Å²) in [5.74, 6) is -0.0880. The number of azide groups is 1. The van der Waals surface area contributed by atoms with Gasteiger partial charge in [0.05, 0.1) is 24.3 Å². The van der Waals surface area contributed by atoms with Crippen LogP contribution in [0.4, 0.5) is 15.3 Å². The van der Waals surface area contributed by atoms with Gasteiger partial charge in [-0.3, -0.25) is 4.79 Å². The summed E-state index contributed by atoms with van der Waals surface area (Å²) in [5.41, 5.74) is 7.00. The summed E-state index contributed by atoms with van der Waals surface area (Å²) >= 11 is 0. The second-order valence-electron chi connectivity index (χ2n) is 10.7. The third kappa shape index (κ3) is 5.00. The predicted molar refractivity (Wildman–Crippen MR) is 128 cm³/mol. The standard InChI is InChI=1S/C24H33N5O6/c1-22(2,3)34-20(31)28-12-8-11-24(18(28)14-26-27-25)16-10-9-15(33-7)13-17(16)29(19(24)30)21(32)35-23(4,5)6/h9-10,13,18H,8,11-12,14H2,1-7H3. The minimum Gasteiger partial charge on any atom is -0.497 e. The fraction of sp³-hybridized carbons (Fsp3) is 0.625. The van der Waals surface area contributed by atoms with Gasteiger partial charge in [0.15, 0.2) is 0 Å². The number of carbonyl (C=O) groups is 3. The van der Waals surface area contributed by atoms with Crippen molar-refractivity contribution in [1.82, 2.24) is 4.90 Å². The second kappa shape index (κ2) is 9.30. The number of rotatable bonds is 3. The number of hydrogen-bond donors (Lipinski definition) is 0. The molecule has 11 heteroatoms. The van der Waals surface area contributed by atoms with Crippen LogP contribution in [0.15, 0.2) is 23.3 Å². The normalized spacial score (nSPS) is 21.9. The fourth-order valence-electron chi connectivity index (χ4n) is 4.70. The Hall–Kier alpha value is -3.46. The Labute approximate surface area is 204 Å². The van der Waals surface area contributed by atoms with Crippen molar-refractivity contribution >= 4 is 23.8 Å². The quantitative estimate of drug-likeness (QED) is 0.337. The van der Waals surface area contributed by atoms with E-state index in [0.717, 1.165) is 4.90 Å². The lowest BCUT2D eigenvalue weighted by Crippen LogP contribution is -2.62. The van der Waals surface area contributed by atoms with E-state index < -0.39 is 40.8 Å². The molecular formula is C24H33N5O6. The number of imide groups is 1. The first-order valence-electron chi connectivity index (χ1n) is 11.5. The van der Waals surface area contributed by atoms with Crippen molar-refractivity contribution in [1.29, 1.82) is 0 Å². The Kier molecular flexibility index (Phi) is 6.95. The molecule has 1 saturated heterocycles. The van der Waals surface area contributed by atoms with Crippen LogP contribution in [-0.4, -0.2) is 60.4 Å². The van der Waals surface area contributed by atoms with Crippen LogP contribution in [0.3, 0.4) is 0 Å². The SMILES string of the molecule is COc1ccc2c(c1)N(C(=O)OC(C)(C)C)C(=O)C21CCCN(C(=O)OC(C)(C)C)C1CN=[N+]=[N-]. The minimum atomic E-state index is -1.33. The van der Waals surface area contributed by atoms with Gasteiger partial charge < -0.3 is 19.1 Å². The number of carbonyl (C=O) groups excluding carboxylic acids is 3. The van der Waals surface area contributed by atoms with Crippen molar-refractivity contribution in [3.8, 4) is 5.75 Å². The molecule has 3 amide bonds. The van der Waals surface area contributed by atoms with Crippen LogP contribution >= 0.6 is 0 Å². The highest BCUT2D eigenvalue weighted by Gasteiger charge is 2.61. The van der Waals surface area contributed by atoms with Crippen molar-refractivity contribution in [2.24, 2.45) is 5.11 Å². The summed E-state index contributed by atoms with van der Waals surface area (Å²) in [5, 5.41) is 3.73. The Morgan fingerprint density at radius 3 is 2.34 bits per heavy atom. The molecule has 2 heterocycles. The van der Waals surface area contributed by atoms with Crippen LogP contribution in [0.1, 0.15) is 59.9 Å². The molecule has 11 nitrogen and oxygen atoms in total. The summed E-state index contributed by atoms with van der Waals surface area (Å²) in [6, 6.07) is 4.15. The molecule has 3 rings (SSSR count). The van der Waals surface area contributed by atoms with E-state index >= 15 is 0 Å². The molecule has 35 heavy (non-hydrogen) atoms. The Morgan fingerprint density at radius 2 is 1.77 bits per heavy atom. The number of nitrogens with zero attached hydrogens (tertiary/aromatic N) is 5. The molecule has 0 aromatic heterocycles. The predicted octanol–water partition coefficient (Wildman–Crippen LogP) is 4.92. The monoisotopic (exact) mass is 487 g/mol. The molecule has 1 fully saturated rings. The minimum absolute atomic E-state index is 0.172. The lowest BCUT2D eigenvalue weighted by atomic mass is 9.69. The molecule has 1 spiro atoms. The zero-order valence-electron chi connectivity index (χ0n) is 21.3. The highest BCUT2D eigenvalue weighted by atomic mass is 16.6. The lowest BCUT2D eigenvalue weighted by Gasteiger charge is -2.46. The highest BCUT2D eigenvalue weighted by molar-refractivity contribution is 6.21. The van der Waals surface area contributed by atoms with E-state index in [-0.39, 0.29) is 6.54 Å². The largest absolute Gasteiger partial charge is 0.497 e. The van der Waals surface area contributed by atoms with Crippen molar-refractivity contribution in [3.05, 3.63) is 34.2 Å². The highest BCUT2D eigenvalue weighted by Crippen LogP contribution is 2.51. The maximum Gasteiger partial charge on any atom is 0.421 e. The molecule has 2 aliphatic heterocycles. The molecule has 0 bridgehead atoms. The molecule has 1 aromatic carbocycles. The van der Waals surface area contributed by atoms with Crippen molar-refractivity contribution in [3.63, 3.8) is 0 Å². The van der Waals surface area contributed by atoms with Crippen LogP contribution < -0.4 is 9.64 Å². The Balaban J connectivity index is 2.19. The molecule has 2 unspecified atom stereocenters. The molecule has 0 N–H and O–H groups in total. The maximum absolute atomic E-state index is 14.2. The van der Waals surface area contributed by atoms with Gasteiger partial charge in [-0.2, -0.15) is 0 Å². The molecule has 0 aliphatic carbocycles. The van der Waals surface area contributed by atoms with Gasteiger partial charge in [0.1, 0.15) is 17.0 Å². The Morgan fingerprint density at radius 1 is 1.14 bits per heavy atom. The summed E-state index contributed by atoms with van der Waals surface area (Å²) < 4.78 is 16.5. The van der Waals surface area contributed by atoms with Crippen LogP contribution in [0.2, 0.25) is 0 Å². The van der Waals surface area contributed by atoms with Gasteiger partial charge in [0, 0.05) is 24.1 Å². The van der Waals surface area contributed by atoms with Crippen LogP contribution in [-0.2, 0) is 19.7 Å². The van der Waals surface area contributed by atoms with Gasteiger partial charge in [-0.25, -0.2) is 14.5 Å². The van der Waals surface area contributed by atoms with Crippen molar-refractivity contribution < 1.29 is 28.6 Å². The zero-order chi connectivity index (χ0) is 26.2. The third-order valence-corrected chi connectivity index (χ3v) is 5.95. The van der Waals surface area contributed by atoms with Gasteiger partial charge in [0.2, 0.25) is 5.91 Å². The van der Waals surface area contributed by atoms with E-state index in [4.69, 9.17) is 19.7 Å². The average molecular weight is 488 g/mol. The van der Waals surface area contributed by atoms with E-state index in [9.17, 15) is 14.4 Å². The number of fused-ring (bicyclic) bond motifs is 2. The lowest BCUT2D eigenvalue weighted by molar-refractivity contribution is -0.127. The average Bonchev–Trinajstić information content (AvgIpc) is 2.98. The van der Waals surface area contributed by atoms with E-state index in [1.807, 2.05) is 0 Å². The van der Waals surface area contributed by atoms with Gasteiger partial charge >= 0.3 is 12.2 Å². The summed E-state index contributed by atoms with van der Waals surface area (Å²) in [7, 11) is 1.49. The molecule has 2 aliphatic rings. The first-order valence-corrected chi connectivity index (χ1v) is 11.5. The van der Waals surface area contributed by atoms with E-state index in [1.165, 1.54) is 12.0 Å². The maximum atomic E-state index is 14.2. The number of ether oxygens (including phenoxy) is 3. The van der Waals surface area contributed by atoms with E-state index in [0.29, 0.717) is 36.4 Å². The molecule has 1 aromatic rings. The van der Waals surface area contributed by atoms with Gasteiger partial charge in [-0.05, 0) is 71.5 Å². The Bertz CT molecular complexity index is 1070. The molecular weight excluding hydrogens is 454 g/mol. The number of piperidine rings is 1. The summed E-state index contributed by atoms with van der Waals surface area (Å²) in [6.07, 6.45) is -0.625. The second-order valence-corrected chi connectivity index (χ2v) is 10.7. The van der Waals surface area contributed by atoms with Gasteiger partial charge in [-0.1, -0.05) is 11.2 Å². The smallest absolute Gasteiger partial charge is 0.421 e. The van der Waals surface area contributed by atoms with Gasteiger partial charge in [0.25, 0.3) is 0 Å². The third-order valence-electron chi connectivity index (χ3n) is 5.95. The first-order chi connectivity index (χ1) is 16.2. The van der Waals surface area contributed by atoms with Crippen molar-refractivity contribution in [2.75, 3.05) is 25.1 Å². The molecule has 190 valence electrons. The van der Waals surface area contributed by atoms with Crippen LogP contribution in [0.25, 0.3) is 10.4 Å². The van der Waals surface area contributed by atoms with E-state index in [1.54, 1.807) is 59.7 Å². The topological polar surface area (TPSA) is 134 Å². The van der Waals surface area contributed by atoms with E-state index in [2.05, 4.69) is 10.0 Å². The summed E-state index contributed by atoms with van der Waals surface area (Å²) in [6.45, 7) is 10.5. The number of benzene rings is 1. The zero-order valence-corrected chi connectivity index (χ0v) is 21.3. The van der Waals surface area contributed by atoms with Crippen LogP contribution in [0.5, 0.6) is 5.75 Å². The van der Waals surface area contributed by atoms with Crippen molar-refractivity contribution in [2.45, 2.75) is 77.0 Å². The molecule has 0 saturated carbocycles. The van der Waals surface area contributed by atoms with Crippen LogP contribution in [0, 0.1) is 0 Å². The summed E-state index contributed by atoms with van der Waals surface area (Å²) in [4.78, 5) is 45.9. The number of methoxy groups -OCH3 is 1. The first kappa shape index (κ1) is 26.2. The number of anilines is 1. The fourth-order valence-corrected chi connectivity index (χ4v) is 4.70. The number of hydrogen-bond acceptors (Lipinski definition) is 7. The molecule has 2 atom stereocenters.